The molecule has 3 rings (SSSR count). The lowest BCUT2D eigenvalue weighted by Crippen LogP contribution is -2.07. The number of nitro benzene ring substituents is 1. The van der Waals surface area contributed by atoms with Gasteiger partial charge in [-0.05, 0) is 36.4 Å². The van der Waals surface area contributed by atoms with Crippen LogP contribution in [0, 0.1) is 10.1 Å². The van der Waals surface area contributed by atoms with Crippen LogP contribution < -0.4 is 9.47 Å². The molecule has 0 unspecified atom stereocenters. The molecule has 0 aromatic heterocycles. The standard InChI is InChI=1S/C20H11F6NO4/c21-19(22,23)13-5-1-3-7-16(13)30-12-9-10-18(15(11-12)27(28)29)31-17-8-4-2-6-14(17)20(24,25)26/h1-11H. The molecular weight excluding hydrogens is 432 g/mol. The van der Waals surface area contributed by atoms with Crippen LogP contribution >= 0.6 is 0 Å². The van der Waals surface area contributed by atoms with Crippen LogP contribution in [0.4, 0.5) is 32.0 Å². The summed E-state index contributed by atoms with van der Waals surface area (Å²) in [5.74, 6) is -2.15. The molecule has 0 aliphatic rings. The Morgan fingerprint density at radius 3 is 1.65 bits per heavy atom. The zero-order chi connectivity index (χ0) is 22.8. The van der Waals surface area contributed by atoms with Gasteiger partial charge in [0.05, 0.1) is 22.1 Å². The Kier molecular flexibility index (Phi) is 5.78. The van der Waals surface area contributed by atoms with E-state index in [-0.39, 0.29) is 5.75 Å². The number of nitro groups is 1. The van der Waals surface area contributed by atoms with Gasteiger partial charge in [-0.2, -0.15) is 26.3 Å². The molecule has 0 heterocycles. The molecule has 0 spiro atoms. The summed E-state index contributed by atoms with van der Waals surface area (Å²) < 4.78 is 88.9. The van der Waals surface area contributed by atoms with Crippen LogP contribution in [0.1, 0.15) is 11.1 Å². The molecule has 0 N–H and O–H groups in total. The van der Waals surface area contributed by atoms with Crippen LogP contribution in [-0.4, -0.2) is 4.92 Å². The summed E-state index contributed by atoms with van der Waals surface area (Å²) in [6.45, 7) is 0. The summed E-state index contributed by atoms with van der Waals surface area (Å²) in [7, 11) is 0. The van der Waals surface area contributed by atoms with Crippen LogP contribution in [0.25, 0.3) is 0 Å². The molecule has 0 aliphatic heterocycles. The lowest BCUT2D eigenvalue weighted by atomic mass is 10.2. The van der Waals surface area contributed by atoms with E-state index in [1.165, 1.54) is 12.1 Å². The normalized spacial score (nSPS) is 11.8. The first-order chi connectivity index (χ1) is 14.5. The Hall–Kier alpha value is -3.76. The number of rotatable bonds is 5. The van der Waals surface area contributed by atoms with E-state index in [0.717, 1.165) is 54.6 Å². The quantitative estimate of drug-likeness (QED) is 0.237. The zero-order valence-electron chi connectivity index (χ0n) is 15.2. The van der Waals surface area contributed by atoms with Gasteiger partial charge in [-0.25, -0.2) is 0 Å². The van der Waals surface area contributed by atoms with Crippen molar-refractivity contribution in [3.63, 3.8) is 0 Å². The summed E-state index contributed by atoms with van der Waals surface area (Å²) in [5, 5.41) is 11.4. The summed E-state index contributed by atoms with van der Waals surface area (Å²) in [4.78, 5) is 10.4. The van der Waals surface area contributed by atoms with Crippen LogP contribution in [0.5, 0.6) is 23.0 Å². The third-order valence-corrected chi connectivity index (χ3v) is 3.96. The van der Waals surface area contributed by atoms with E-state index in [1.807, 2.05) is 0 Å². The van der Waals surface area contributed by atoms with Gasteiger partial charge in [-0.15, -0.1) is 0 Å². The summed E-state index contributed by atoms with van der Waals surface area (Å²) >= 11 is 0. The van der Waals surface area contributed by atoms with Crippen molar-refractivity contribution in [3.05, 3.63) is 88.0 Å². The van der Waals surface area contributed by atoms with Gasteiger partial charge in [-0.1, -0.05) is 24.3 Å². The number of hydrogen-bond donors (Lipinski definition) is 0. The smallest absolute Gasteiger partial charge is 0.419 e. The second kappa shape index (κ2) is 8.17. The van der Waals surface area contributed by atoms with Gasteiger partial charge in [-0.3, -0.25) is 10.1 Å². The van der Waals surface area contributed by atoms with Crippen molar-refractivity contribution in [1.82, 2.24) is 0 Å². The number of para-hydroxylation sites is 2. The van der Waals surface area contributed by atoms with E-state index in [2.05, 4.69) is 0 Å². The first kappa shape index (κ1) is 21.9. The van der Waals surface area contributed by atoms with Crippen LogP contribution in [0.15, 0.2) is 66.7 Å². The van der Waals surface area contributed by atoms with Gasteiger partial charge in [0.2, 0.25) is 5.75 Å². The maximum Gasteiger partial charge on any atom is 0.419 e. The van der Waals surface area contributed by atoms with Gasteiger partial charge in [0, 0.05) is 0 Å². The van der Waals surface area contributed by atoms with Crippen molar-refractivity contribution in [3.8, 4) is 23.0 Å². The monoisotopic (exact) mass is 443 g/mol. The summed E-state index contributed by atoms with van der Waals surface area (Å²) in [6, 6.07) is 11.1. The predicted octanol–water partition coefficient (Wildman–Crippen LogP) is 7.22. The van der Waals surface area contributed by atoms with Crippen molar-refractivity contribution in [2.45, 2.75) is 12.4 Å². The Morgan fingerprint density at radius 2 is 1.16 bits per heavy atom. The second-order valence-corrected chi connectivity index (χ2v) is 6.08. The molecule has 3 aromatic carbocycles. The van der Waals surface area contributed by atoms with Crippen LogP contribution in [0.2, 0.25) is 0 Å². The molecule has 0 amide bonds. The lowest BCUT2D eigenvalue weighted by Gasteiger charge is -2.15. The highest BCUT2D eigenvalue weighted by Crippen LogP contribution is 2.42. The maximum atomic E-state index is 13.1. The molecule has 0 atom stereocenters. The largest absolute Gasteiger partial charge is 0.456 e. The number of nitrogens with zero attached hydrogens (tertiary/aromatic N) is 1. The van der Waals surface area contributed by atoms with E-state index in [1.54, 1.807) is 0 Å². The number of benzene rings is 3. The molecule has 31 heavy (non-hydrogen) atoms. The first-order valence-corrected chi connectivity index (χ1v) is 8.43. The molecule has 162 valence electrons. The molecule has 0 bridgehead atoms. The van der Waals surface area contributed by atoms with Crippen molar-refractivity contribution < 1.29 is 40.7 Å². The average Bonchev–Trinajstić information content (AvgIpc) is 2.68. The third-order valence-electron chi connectivity index (χ3n) is 3.96. The van der Waals surface area contributed by atoms with Gasteiger partial charge >= 0.3 is 18.0 Å². The van der Waals surface area contributed by atoms with Gasteiger partial charge in [0.15, 0.2) is 0 Å². The SMILES string of the molecule is O=[N+]([O-])c1cc(Oc2ccccc2C(F)(F)F)ccc1Oc1ccccc1C(F)(F)F. The second-order valence-electron chi connectivity index (χ2n) is 6.08. The molecule has 0 aliphatic carbocycles. The number of alkyl halides is 6. The molecule has 0 saturated heterocycles. The number of halogens is 6. The minimum absolute atomic E-state index is 0.333. The number of hydrogen-bond acceptors (Lipinski definition) is 4. The maximum absolute atomic E-state index is 13.1. The van der Waals surface area contributed by atoms with Crippen LogP contribution in [-0.2, 0) is 12.4 Å². The first-order valence-electron chi connectivity index (χ1n) is 8.43. The van der Waals surface area contributed by atoms with Gasteiger partial charge in [0.25, 0.3) is 0 Å². The fraction of sp³-hybridized carbons (Fsp3) is 0.100. The van der Waals surface area contributed by atoms with Crippen LogP contribution in [0.3, 0.4) is 0 Å². The lowest BCUT2D eigenvalue weighted by molar-refractivity contribution is -0.385. The number of ether oxygens (including phenoxy) is 2. The minimum atomic E-state index is -4.77. The molecule has 5 nitrogen and oxygen atoms in total. The van der Waals surface area contributed by atoms with Crippen molar-refractivity contribution in [1.29, 1.82) is 0 Å². The average molecular weight is 443 g/mol. The van der Waals surface area contributed by atoms with E-state index in [0.29, 0.717) is 0 Å². The Morgan fingerprint density at radius 1 is 0.677 bits per heavy atom. The van der Waals surface area contributed by atoms with Crippen molar-refractivity contribution >= 4 is 5.69 Å². The van der Waals surface area contributed by atoms with E-state index < -0.39 is 51.3 Å². The molecule has 0 radical (unpaired) electrons. The van der Waals surface area contributed by atoms with Crippen molar-refractivity contribution in [2.24, 2.45) is 0 Å². The molecule has 0 fully saturated rings. The highest BCUT2D eigenvalue weighted by molar-refractivity contribution is 5.54. The summed E-state index contributed by atoms with van der Waals surface area (Å²) in [6.07, 6.45) is -9.50. The van der Waals surface area contributed by atoms with E-state index in [4.69, 9.17) is 9.47 Å². The minimum Gasteiger partial charge on any atom is -0.456 e. The molecule has 3 aromatic rings. The van der Waals surface area contributed by atoms with E-state index >= 15 is 0 Å². The Bertz CT molecular complexity index is 1110. The summed E-state index contributed by atoms with van der Waals surface area (Å²) in [5.41, 5.74) is -3.04. The van der Waals surface area contributed by atoms with Gasteiger partial charge in [0.1, 0.15) is 17.2 Å². The highest BCUT2D eigenvalue weighted by Gasteiger charge is 2.35. The Balaban J connectivity index is 1.97. The predicted molar refractivity (Wildman–Crippen MR) is 96.1 cm³/mol. The highest BCUT2D eigenvalue weighted by atomic mass is 19.4. The third kappa shape index (κ3) is 5.05. The molecule has 0 saturated carbocycles. The zero-order valence-corrected chi connectivity index (χ0v) is 15.2. The topological polar surface area (TPSA) is 61.6 Å². The Labute approximate surface area is 170 Å². The molecule has 11 heteroatoms. The molecular formula is C20H11F6NO4. The van der Waals surface area contributed by atoms with Gasteiger partial charge < -0.3 is 9.47 Å². The fourth-order valence-corrected chi connectivity index (χ4v) is 2.61. The van der Waals surface area contributed by atoms with Crippen molar-refractivity contribution in [2.75, 3.05) is 0 Å². The fourth-order valence-electron chi connectivity index (χ4n) is 2.61. The van der Waals surface area contributed by atoms with E-state index in [9.17, 15) is 36.5 Å².